The molecule has 80 valence electrons. The molecular weight excluding hydrogens is 182 g/mol. The first-order chi connectivity index (χ1) is 6.90. The summed E-state index contributed by atoms with van der Waals surface area (Å²) in [5.41, 5.74) is 0. The lowest BCUT2D eigenvalue weighted by molar-refractivity contribution is 0.000951. The number of hydrogen-bond donors (Lipinski definition) is 0. The highest BCUT2D eigenvalue weighted by molar-refractivity contribution is 4.79. The van der Waals surface area contributed by atoms with Crippen LogP contribution in [0.1, 0.15) is 12.8 Å². The van der Waals surface area contributed by atoms with Gasteiger partial charge in [0.25, 0.3) is 0 Å². The topological polar surface area (TPSA) is 45.1 Å². The monoisotopic (exact) mass is 199 g/mol. The molecule has 0 amide bonds. The molecule has 0 bridgehead atoms. The maximum Gasteiger partial charge on any atom is 0.0594 e. The van der Waals surface area contributed by atoms with Gasteiger partial charge in [0.2, 0.25) is 0 Å². The molecule has 0 aromatic carbocycles. The zero-order valence-corrected chi connectivity index (χ0v) is 8.39. The highest BCUT2D eigenvalue weighted by atomic mass is 16.5. The fourth-order valence-corrected chi connectivity index (χ4v) is 2.24. The molecule has 0 aliphatic carbocycles. The average Bonchev–Trinajstić information content (AvgIpc) is 2.30. The Morgan fingerprint density at radius 1 is 1.07 bits per heavy atom. The number of rotatable bonds is 2. The molecule has 0 N–H and O–H groups in total. The van der Waals surface area contributed by atoms with Gasteiger partial charge in [-0.15, -0.1) is 4.91 Å². The van der Waals surface area contributed by atoms with Crippen LogP contribution in [0.2, 0.25) is 0 Å². The molecule has 0 aromatic heterocycles. The van der Waals surface area contributed by atoms with Gasteiger partial charge in [-0.1, -0.05) is 0 Å². The molecular formula is C9H17N3O2. The van der Waals surface area contributed by atoms with Crippen molar-refractivity contribution in [1.82, 2.24) is 9.91 Å². The van der Waals surface area contributed by atoms with E-state index in [9.17, 15) is 4.91 Å². The van der Waals surface area contributed by atoms with Gasteiger partial charge in [0.05, 0.1) is 18.5 Å². The van der Waals surface area contributed by atoms with Crippen LogP contribution in [0.3, 0.4) is 0 Å². The summed E-state index contributed by atoms with van der Waals surface area (Å²) >= 11 is 0. The second kappa shape index (κ2) is 4.70. The summed E-state index contributed by atoms with van der Waals surface area (Å²) in [5.74, 6) is 0. The summed E-state index contributed by atoms with van der Waals surface area (Å²) in [5, 5.41) is 4.59. The first kappa shape index (κ1) is 9.86. The van der Waals surface area contributed by atoms with Gasteiger partial charge < -0.3 is 4.74 Å². The molecule has 2 fully saturated rings. The Morgan fingerprint density at radius 2 is 1.71 bits per heavy atom. The van der Waals surface area contributed by atoms with Crippen molar-refractivity contribution in [3.63, 3.8) is 0 Å². The normalized spacial score (nSPS) is 26.4. The molecule has 14 heavy (non-hydrogen) atoms. The molecule has 2 rings (SSSR count). The highest BCUT2D eigenvalue weighted by Crippen LogP contribution is 2.17. The summed E-state index contributed by atoms with van der Waals surface area (Å²) in [4.78, 5) is 12.8. The van der Waals surface area contributed by atoms with Gasteiger partial charge in [0.15, 0.2) is 0 Å². The van der Waals surface area contributed by atoms with E-state index in [2.05, 4.69) is 10.2 Å². The van der Waals surface area contributed by atoms with Crippen molar-refractivity contribution < 1.29 is 4.74 Å². The first-order valence-electron chi connectivity index (χ1n) is 5.30. The van der Waals surface area contributed by atoms with Crippen molar-refractivity contribution in [3.8, 4) is 0 Å². The lowest BCUT2D eigenvalue weighted by Gasteiger charge is -2.38. The summed E-state index contributed by atoms with van der Waals surface area (Å²) in [6.45, 7) is 5.41. The number of piperidine rings is 1. The number of morpholine rings is 1. The lowest BCUT2D eigenvalue weighted by atomic mass is 10.0. The SMILES string of the molecule is O=NN1CCC(N2CCOCC2)CC1. The largest absolute Gasteiger partial charge is 0.379 e. The van der Waals surface area contributed by atoms with Gasteiger partial charge in [-0.3, -0.25) is 9.91 Å². The summed E-state index contributed by atoms with van der Waals surface area (Å²) in [7, 11) is 0. The minimum atomic E-state index is 0.636. The molecule has 2 aliphatic rings. The predicted molar refractivity (Wildman–Crippen MR) is 52.8 cm³/mol. The third-order valence-corrected chi connectivity index (χ3v) is 3.12. The lowest BCUT2D eigenvalue weighted by Crippen LogP contribution is -2.48. The van der Waals surface area contributed by atoms with Crippen molar-refractivity contribution in [1.29, 1.82) is 0 Å². The van der Waals surface area contributed by atoms with Crippen LogP contribution < -0.4 is 0 Å². The van der Waals surface area contributed by atoms with Gasteiger partial charge in [0.1, 0.15) is 0 Å². The summed E-state index contributed by atoms with van der Waals surface area (Å²) < 4.78 is 5.31. The molecule has 0 atom stereocenters. The van der Waals surface area contributed by atoms with Crippen molar-refractivity contribution in [2.45, 2.75) is 18.9 Å². The van der Waals surface area contributed by atoms with E-state index in [4.69, 9.17) is 4.74 Å². The Morgan fingerprint density at radius 3 is 2.29 bits per heavy atom. The van der Waals surface area contributed by atoms with Gasteiger partial charge >= 0.3 is 0 Å². The van der Waals surface area contributed by atoms with Crippen LogP contribution >= 0.6 is 0 Å². The molecule has 2 heterocycles. The number of nitrogens with zero attached hydrogens (tertiary/aromatic N) is 3. The molecule has 0 spiro atoms. The summed E-state index contributed by atoms with van der Waals surface area (Å²) in [6, 6.07) is 0.636. The Bertz CT molecular complexity index is 186. The number of hydrogen-bond acceptors (Lipinski definition) is 4. The van der Waals surface area contributed by atoms with Crippen LogP contribution in [-0.2, 0) is 4.74 Å². The van der Waals surface area contributed by atoms with Crippen molar-refractivity contribution >= 4 is 0 Å². The first-order valence-corrected chi connectivity index (χ1v) is 5.30. The maximum atomic E-state index is 10.3. The van der Waals surface area contributed by atoms with Crippen molar-refractivity contribution in [2.24, 2.45) is 5.29 Å². The maximum absolute atomic E-state index is 10.3. The fraction of sp³-hybridized carbons (Fsp3) is 1.00. The molecule has 0 saturated carbocycles. The zero-order valence-electron chi connectivity index (χ0n) is 8.39. The molecule has 5 heteroatoms. The Hall–Kier alpha value is -0.680. The van der Waals surface area contributed by atoms with Crippen molar-refractivity contribution in [2.75, 3.05) is 39.4 Å². The molecule has 2 saturated heterocycles. The number of nitroso groups, excluding NO2 is 1. The van der Waals surface area contributed by atoms with Crippen LogP contribution in [0.25, 0.3) is 0 Å². The standard InChI is InChI=1S/C9H17N3O2/c13-10-12-3-1-9(2-4-12)11-5-7-14-8-6-11/h9H,1-8H2. The van der Waals surface area contributed by atoms with Gasteiger partial charge in [-0.05, 0) is 12.8 Å². The predicted octanol–water partition coefficient (Wildman–Crippen LogP) is 0.464. The van der Waals surface area contributed by atoms with Gasteiger partial charge in [0, 0.05) is 32.2 Å². The highest BCUT2D eigenvalue weighted by Gasteiger charge is 2.25. The van der Waals surface area contributed by atoms with Crippen LogP contribution in [0.15, 0.2) is 5.29 Å². The van der Waals surface area contributed by atoms with Crippen LogP contribution in [0, 0.1) is 4.91 Å². The molecule has 0 unspecified atom stereocenters. The van der Waals surface area contributed by atoms with E-state index >= 15 is 0 Å². The van der Waals surface area contributed by atoms with E-state index in [1.165, 1.54) is 0 Å². The molecule has 0 aromatic rings. The Kier molecular flexibility index (Phi) is 3.31. The third kappa shape index (κ3) is 2.22. The third-order valence-electron chi connectivity index (χ3n) is 3.12. The van der Waals surface area contributed by atoms with E-state index < -0.39 is 0 Å². The van der Waals surface area contributed by atoms with E-state index in [0.717, 1.165) is 52.2 Å². The van der Waals surface area contributed by atoms with E-state index in [0.29, 0.717) is 6.04 Å². The number of ether oxygens (including phenoxy) is 1. The van der Waals surface area contributed by atoms with Gasteiger partial charge in [-0.2, -0.15) is 0 Å². The second-order valence-corrected chi connectivity index (χ2v) is 3.91. The van der Waals surface area contributed by atoms with Crippen LogP contribution in [0.5, 0.6) is 0 Å². The minimum Gasteiger partial charge on any atom is -0.379 e. The smallest absolute Gasteiger partial charge is 0.0594 e. The molecule has 5 nitrogen and oxygen atoms in total. The van der Waals surface area contributed by atoms with Crippen LogP contribution in [-0.4, -0.2) is 55.3 Å². The Balaban J connectivity index is 1.78. The van der Waals surface area contributed by atoms with Crippen LogP contribution in [0.4, 0.5) is 0 Å². The summed E-state index contributed by atoms with van der Waals surface area (Å²) in [6.07, 6.45) is 2.12. The molecule has 0 radical (unpaired) electrons. The quantitative estimate of drug-likeness (QED) is 0.606. The zero-order chi connectivity index (χ0) is 9.80. The second-order valence-electron chi connectivity index (χ2n) is 3.91. The van der Waals surface area contributed by atoms with E-state index in [-0.39, 0.29) is 0 Å². The minimum absolute atomic E-state index is 0.636. The molecule has 2 aliphatic heterocycles. The van der Waals surface area contributed by atoms with Gasteiger partial charge in [-0.25, -0.2) is 0 Å². The van der Waals surface area contributed by atoms with E-state index in [1.54, 1.807) is 5.01 Å². The van der Waals surface area contributed by atoms with Crippen molar-refractivity contribution in [3.05, 3.63) is 4.91 Å². The fourth-order valence-electron chi connectivity index (χ4n) is 2.24. The Labute approximate surface area is 83.9 Å². The average molecular weight is 199 g/mol. The van der Waals surface area contributed by atoms with E-state index in [1.807, 2.05) is 0 Å².